The first-order valence-corrected chi connectivity index (χ1v) is 8.69. The lowest BCUT2D eigenvalue weighted by Crippen LogP contribution is -2.31. The van der Waals surface area contributed by atoms with Gasteiger partial charge in [0.2, 0.25) is 8.45 Å². The number of hydrogen-bond donors (Lipinski definition) is 0. The molecule has 0 atom stereocenters. The zero-order valence-electron chi connectivity index (χ0n) is 12.5. The van der Waals surface area contributed by atoms with Crippen LogP contribution in [0.15, 0.2) is 42.5 Å². The minimum Gasteiger partial charge on any atom is -0.444 e. The Balaban J connectivity index is 2.16. The first-order chi connectivity index (χ1) is 9.85. The van der Waals surface area contributed by atoms with Gasteiger partial charge >= 0.3 is 0 Å². The molecule has 0 fully saturated rings. The van der Waals surface area contributed by atoms with Gasteiger partial charge in [0.25, 0.3) is 0 Å². The van der Waals surface area contributed by atoms with E-state index >= 15 is 0 Å². The molecule has 0 aliphatic carbocycles. The molecule has 0 radical (unpaired) electrons. The highest BCUT2D eigenvalue weighted by molar-refractivity contribution is 7.47. The zero-order valence-corrected chi connectivity index (χ0v) is 13.4. The summed E-state index contributed by atoms with van der Waals surface area (Å²) < 4.78 is 11.3. The van der Waals surface area contributed by atoms with Gasteiger partial charge in [0, 0.05) is 26.2 Å². The van der Waals surface area contributed by atoms with Gasteiger partial charge in [-0.15, -0.1) is 0 Å². The third-order valence-electron chi connectivity index (χ3n) is 3.42. The van der Waals surface area contributed by atoms with Crippen LogP contribution in [0.3, 0.4) is 0 Å². The fourth-order valence-electron chi connectivity index (χ4n) is 2.28. The topological polar surface area (TPSA) is 15.7 Å². The first-order valence-electron chi connectivity index (χ1n) is 7.53. The molecule has 20 heavy (non-hydrogen) atoms. The van der Waals surface area contributed by atoms with Crippen LogP contribution in [-0.2, 0) is 0 Å². The van der Waals surface area contributed by atoms with Crippen LogP contribution in [0.25, 0.3) is 0 Å². The van der Waals surface area contributed by atoms with Crippen molar-refractivity contribution < 1.29 is 4.52 Å². The summed E-state index contributed by atoms with van der Waals surface area (Å²) in [6.45, 7) is 8.65. The Morgan fingerprint density at radius 3 is 2.00 bits per heavy atom. The van der Waals surface area contributed by atoms with Crippen LogP contribution in [0.1, 0.15) is 26.7 Å². The Hall–Kier alpha value is -0.890. The van der Waals surface area contributed by atoms with Crippen LogP contribution in [-0.4, -0.2) is 35.5 Å². The smallest absolute Gasteiger partial charge is 0.248 e. The van der Waals surface area contributed by atoms with Crippen molar-refractivity contribution in [2.75, 3.05) is 26.2 Å². The molecule has 1 aromatic carbocycles. The number of nitrogens with zero attached hydrogens (tertiary/aromatic N) is 2. The molecule has 1 aliphatic rings. The summed E-state index contributed by atoms with van der Waals surface area (Å²) in [4.78, 5) is 0. The lowest BCUT2D eigenvalue weighted by molar-refractivity contribution is 0.352. The molecule has 0 bridgehead atoms. The Morgan fingerprint density at radius 1 is 0.950 bits per heavy atom. The maximum atomic E-state index is 6.34. The van der Waals surface area contributed by atoms with E-state index in [0.717, 1.165) is 44.8 Å². The van der Waals surface area contributed by atoms with Crippen LogP contribution in [0, 0.1) is 0 Å². The summed E-state index contributed by atoms with van der Waals surface area (Å²) >= 11 is 0. The maximum absolute atomic E-state index is 6.34. The highest BCUT2D eigenvalue weighted by Gasteiger charge is 2.26. The van der Waals surface area contributed by atoms with Gasteiger partial charge in [0.05, 0.1) is 0 Å². The number of hydrogen-bond acceptors (Lipinski definition) is 3. The van der Waals surface area contributed by atoms with E-state index in [9.17, 15) is 0 Å². The first kappa shape index (κ1) is 15.5. The summed E-state index contributed by atoms with van der Waals surface area (Å²) in [6.07, 6.45) is 6.83. The van der Waals surface area contributed by atoms with E-state index in [-0.39, 0.29) is 0 Å². The molecule has 110 valence electrons. The predicted octanol–water partition coefficient (Wildman–Crippen LogP) is 4.29. The molecule has 2 rings (SSSR count). The fourth-order valence-corrected chi connectivity index (χ4v) is 4.24. The van der Waals surface area contributed by atoms with Gasteiger partial charge in [-0.1, -0.05) is 44.2 Å². The number of para-hydroxylation sites is 1. The second kappa shape index (κ2) is 8.41. The number of benzene rings is 1. The van der Waals surface area contributed by atoms with E-state index in [4.69, 9.17) is 4.52 Å². The molecule has 4 heteroatoms. The average Bonchev–Trinajstić information content (AvgIpc) is 2.59. The Bertz CT molecular complexity index is 392. The van der Waals surface area contributed by atoms with Crippen molar-refractivity contribution >= 4 is 8.45 Å². The lowest BCUT2D eigenvalue weighted by atomic mass is 10.3. The Morgan fingerprint density at radius 2 is 1.50 bits per heavy atom. The minimum absolute atomic E-state index is 0.709. The van der Waals surface area contributed by atoms with Gasteiger partial charge in [0.1, 0.15) is 5.75 Å². The maximum Gasteiger partial charge on any atom is 0.248 e. The molecule has 0 N–H and O–H groups in total. The third kappa shape index (κ3) is 4.31. The molecule has 0 amide bonds. The van der Waals surface area contributed by atoms with Gasteiger partial charge in [-0.25, -0.2) is 9.34 Å². The van der Waals surface area contributed by atoms with Crippen molar-refractivity contribution in [3.63, 3.8) is 0 Å². The van der Waals surface area contributed by atoms with Crippen LogP contribution in [0.2, 0.25) is 0 Å². The van der Waals surface area contributed by atoms with Crippen molar-refractivity contribution in [1.82, 2.24) is 9.34 Å². The molecule has 1 aliphatic heterocycles. The van der Waals surface area contributed by atoms with E-state index in [0.29, 0.717) is 0 Å². The summed E-state index contributed by atoms with van der Waals surface area (Å²) in [5.74, 6) is 0.975. The SMILES string of the molecule is CCN1CC/C=C\CCN(CC)P1Oc1ccccc1. The zero-order chi connectivity index (χ0) is 14.2. The van der Waals surface area contributed by atoms with E-state index in [1.54, 1.807) is 0 Å². The third-order valence-corrected chi connectivity index (χ3v) is 5.73. The van der Waals surface area contributed by atoms with Gasteiger partial charge < -0.3 is 4.52 Å². The molecule has 0 unspecified atom stereocenters. The van der Waals surface area contributed by atoms with Gasteiger partial charge in [-0.05, 0) is 25.0 Å². The largest absolute Gasteiger partial charge is 0.444 e. The molecule has 1 heterocycles. The monoisotopic (exact) mass is 292 g/mol. The lowest BCUT2D eigenvalue weighted by Gasteiger charge is -2.36. The molecular formula is C16H25N2OP. The molecule has 0 saturated heterocycles. The standard InChI is InChI=1S/C16H25N2OP/c1-3-17-14-10-5-6-11-15-18(4-2)20(17)19-16-12-8-7-9-13-16/h5-9,12-13H,3-4,10-11,14-15H2,1-2H3/b6-5-. The van der Waals surface area contributed by atoms with E-state index in [2.05, 4.69) is 47.5 Å². The molecule has 0 aromatic heterocycles. The van der Waals surface area contributed by atoms with Crippen molar-refractivity contribution in [1.29, 1.82) is 0 Å². The average molecular weight is 292 g/mol. The summed E-state index contributed by atoms with van der Waals surface area (Å²) in [6, 6.07) is 10.2. The summed E-state index contributed by atoms with van der Waals surface area (Å²) in [7, 11) is -0.709. The van der Waals surface area contributed by atoms with Gasteiger partial charge in [-0.2, -0.15) is 0 Å². The highest BCUT2D eigenvalue weighted by atomic mass is 31.2. The molecule has 0 saturated carbocycles. The molecule has 1 aromatic rings. The van der Waals surface area contributed by atoms with Crippen molar-refractivity contribution in [3.8, 4) is 5.75 Å². The van der Waals surface area contributed by atoms with Crippen molar-refractivity contribution in [2.45, 2.75) is 26.7 Å². The normalized spacial score (nSPS) is 20.9. The highest BCUT2D eigenvalue weighted by Crippen LogP contribution is 2.46. The van der Waals surface area contributed by atoms with Gasteiger partial charge in [0.15, 0.2) is 0 Å². The Labute approximate surface area is 124 Å². The van der Waals surface area contributed by atoms with E-state index < -0.39 is 8.45 Å². The van der Waals surface area contributed by atoms with Crippen molar-refractivity contribution in [2.24, 2.45) is 0 Å². The van der Waals surface area contributed by atoms with Crippen LogP contribution >= 0.6 is 8.45 Å². The number of rotatable bonds is 4. The van der Waals surface area contributed by atoms with E-state index in [1.165, 1.54) is 0 Å². The van der Waals surface area contributed by atoms with E-state index in [1.807, 2.05) is 18.2 Å². The Kier molecular flexibility index (Phi) is 6.52. The summed E-state index contributed by atoms with van der Waals surface area (Å²) in [5.41, 5.74) is 0. The van der Waals surface area contributed by atoms with Crippen LogP contribution in [0.5, 0.6) is 5.75 Å². The molecule has 0 spiro atoms. The quantitative estimate of drug-likeness (QED) is 0.608. The predicted molar refractivity (Wildman–Crippen MR) is 86.9 cm³/mol. The second-order valence-corrected chi connectivity index (χ2v) is 6.62. The summed E-state index contributed by atoms with van der Waals surface area (Å²) in [5, 5.41) is 0. The molecular weight excluding hydrogens is 267 g/mol. The fraction of sp³-hybridized carbons (Fsp3) is 0.500. The van der Waals surface area contributed by atoms with Crippen LogP contribution in [0.4, 0.5) is 0 Å². The molecule has 3 nitrogen and oxygen atoms in total. The second-order valence-electron chi connectivity index (χ2n) is 4.80. The van der Waals surface area contributed by atoms with Gasteiger partial charge in [-0.3, -0.25) is 0 Å². The van der Waals surface area contributed by atoms with Crippen molar-refractivity contribution in [3.05, 3.63) is 42.5 Å². The van der Waals surface area contributed by atoms with Crippen LogP contribution < -0.4 is 4.52 Å². The minimum atomic E-state index is -0.709.